The van der Waals surface area contributed by atoms with Gasteiger partial charge in [-0.25, -0.2) is 0 Å². The Morgan fingerprint density at radius 2 is 2.00 bits per heavy atom. The fourth-order valence-electron chi connectivity index (χ4n) is 4.15. The van der Waals surface area contributed by atoms with Gasteiger partial charge in [-0.3, -0.25) is 14.5 Å². The predicted molar refractivity (Wildman–Crippen MR) is 89.9 cm³/mol. The van der Waals surface area contributed by atoms with Crippen LogP contribution in [0.4, 0.5) is 5.69 Å². The second kappa shape index (κ2) is 6.09. The van der Waals surface area contributed by atoms with Gasteiger partial charge in [-0.1, -0.05) is 12.1 Å². The van der Waals surface area contributed by atoms with Gasteiger partial charge in [0.2, 0.25) is 11.8 Å². The zero-order valence-corrected chi connectivity index (χ0v) is 13.9. The molecule has 2 amide bonds. The number of benzene rings is 1. The number of hydrogen-bond acceptors (Lipinski definition) is 4. The van der Waals surface area contributed by atoms with Crippen molar-refractivity contribution in [3.05, 3.63) is 24.3 Å². The zero-order chi connectivity index (χ0) is 16.7. The Bertz CT molecular complexity index is 655. The number of piperidine rings is 1. The second-order valence-corrected chi connectivity index (χ2v) is 6.91. The quantitative estimate of drug-likeness (QED) is 0.848. The van der Waals surface area contributed by atoms with Gasteiger partial charge in [0.05, 0.1) is 11.7 Å². The second-order valence-electron chi connectivity index (χ2n) is 6.91. The zero-order valence-electron chi connectivity index (χ0n) is 13.9. The fourth-order valence-corrected chi connectivity index (χ4v) is 4.15. The van der Waals surface area contributed by atoms with E-state index in [1.165, 1.54) is 0 Å². The van der Waals surface area contributed by atoms with Gasteiger partial charge in [-0.2, -0.15) is 0 Å². The first-order chi connectivity index (χ1) is 11.6. The van der Waals surface area contributed by atoms with Gasteiger partial charge in [-0.15, -0.1) is 0 Å². The van der Waals surface area contributed by atoms with E-state index in [0.717, 1.165) is 50.3 Å². The van der Waals surface area contributed by atoms with E-state index in [2.05, 4.69) is 10.2 Å². The normalized spacial score (nSPS) is 27.7. The summed E-state index contributed by atoms with van der Waals surface area (Å²) >= 11 is 0. The molecule has 0 aliphatic carbocycles. The van der Waals surface area contributed by atoms with Crippen molar-refractivity contribution >= 4 is 17.5 Å². The molecule has 1 N–H and O–H groups in total. The SMILES string of the molecule is CC(=O)N1CCC(N2C[C@@H]3C[C@H]2C(=O)Nc2ccccc2O3)CC1. The molecule has 2 bridgehead atoms. The lowest BCUT2D eigenvalue weighted by atomic mass is 10.0. The van der Waals surface area contributed by atoms with E-state index in [4.69, 9.17) is 4.74 Å². The molecule has 0 unspecified atom stereocenters. The van der Waals surface area contributed by atoms with E-state index in [-0.39, 0.29) is 24.0 Å². The Balaban J connectivity index is 1.51. The average molecular weight is 329 g/mol. The topological polar surface area (TPSA) is 61.9 Å². The number of amides is 2. The Hall–Kier alpha value is -2.08. The van der Waals surface area contributed by atoms with Crippen LogP contribution in [0, 0.1) is 0 Å². The Kier molecular flexibility index (Phi) is 3.92. The van der Waals surface area contributed by atoms with Gasteiger partial charge in [-0.05, 0) is 25.0 Å². The van der Waals surface area contributed by atoms with Gasteiger partial charge in [0.1, 0.15) is 11.9 Å². The molecule has 2 atom stereocenters. The number of carbonyl (C=O) groups is 2. The molecule has 1 aromatic carbocycles. The van der Waals surface area contributed by atoms with E-state index < -0.39 is 0 Å². The van der Waals surface area contributed by atoms with Crippen molar-refractivity contribution in [3.63, 3.8) is 0 Å². The number of rotatable bonds is 1. The van der Waals surface area contributed by atoms with Crippen molar-refractivity contribution in [1.29, 1.82) is 0 Å². The van der Waals surface area contributed by atoms with Gasteiger partial charge in [0.15, 0.2) is 0 Å². The summed E-state index contributed by atoms with van der Waals surface area (Å²) in [5, 5.41) is 3.02. The number of nitrogens with one attached hydrogen (secondary N) is 1. The third-order valence-electron chi connectivity index (χ3n) is 5.42. The summed E-state index contributed by atoms with van der Waals surface area (Å²) in [7, 11) is 0. The van der Waals surface area contributed by atoms with Crippen LogP contribution in [-0.4, -0.2) is 59.4 Å². The van der Waals surface area contributed by atoms with Crippen molar-refractivity contribution < 1.29 is 14.3 Å². The summed E-state index contributed by atoms with van der Waals surface area (Å²) in [5.41, 5.74) is 0.755. The number of ether oxygens (including phenoxy) is 1. The highest BCUT2D eigenvalue weighted by molar-refractivity contribution is 5.96. The Morgan fingerprint density at radius 3 is 2.75 bits per heavy atom. The van der Waals surface area contributed by atoms with Crippen LogP contribution in [0.15, 0.2) is 24.3 Å². The number of nitrogens with zero attached hydrogens (tertiary/aromatic N) is 2. The summed E-state index contributed by atoms with van der Waals surface area (Å²) in [5.74, 6) is 0.948. The largest absolute Gasteiger partial charge is 0.487 e. The van der Waals surface area contributed by atoms with Crippen LogP contribution in [0.2, 0.25) is 0 Å². The molecule has 3 aliphatic heterocycles. The van der Waals surface area contributed by atoms with Crippen LogP contribution in [0.5, 0.6) is 5.75 Å². The monoisotopic (exact) mass is 329 g/mol. The predicted octanol–water partition coefficient (Wildman–Crippen LogP) is 1.47. The summed E-state index contributed by atoms with van der Waals surface area (Å²) in [6.07, 6.45) is 2.62. The number of hydrogen-bond donors (Lipinski definition) is 1. The maximum absolute atomic E-state index is 12.7. The minimum Gasteiger partial charge on any atom is -0.487 e. The molecule has 4 rings (SSSR count). The molecule has 2 saturated heterocycles. The standard InChI is InChI=1S/C18H23N3O3/c1-12(22)20-8-6-13(7-9-20)21-11-14-10-16(21)18(23)19-15-4-2-3-5-17(15)24-14/h2-5,13-14,16H,6-11H2,1H3,(H,19,23)/t14-,16-/m0/s1. The molecule has 3 aliphatic rings. The van der Waals surface area contributed by atoms with Crippen LogP contribution >= 0.6 is 0 Å². The summed E-state index contributed by atoms with van der Waals surface area (Å²) < 4.78 is 6.14. The molecule has 0 saturated carbocycles. The maximum Gasteiger partial charge on any atom is 0.241 e. The Morgan fingerprint density at radius 1 is 1.25 bits per heavy atom. The van der Waals surface area contributed by atoms with Gasteiger partial charge in [0.25, 0.3) is 0 Å². The molecule has 0 aromatic heterocycles. The molecule has 128 valence electrons. The molecule has 6 heteroatoms. The summed E-state index contributed by atoms with van der Waals surface area (Å²) in [6.45, 7) is 3.94. The lowest BCUT2D eigenvalue weighted by Gasteiger charge is -2.38. The first-order valence-corrected chi connectivity index (χ1v) is 8.69. The fraction of sp³-hybridized carbons (Fsp3) is 0.556. The number of likely N-dealkylation sites (tertiary alicyclic amines) is 2. The first-order valence-electron chi connectivity index (χ1n) is 8.69. The Labute approximate surface area is 141 Å². The highest BCUT2D eigenvalue weighted by Crippen LogP contribution is 2.34. The highest BCUT2D eigenvalue weighted by atomic mass is 16.5. The minimum absolute atomic E-state index is 0.0491. The minimum atomic E-state index is -0.141. The smallest absolute Gasteiger partial charge is 0.241 e. The molecule has 2 fully saturated rings. The third-order valence-corrected chi connectivity index (χ3v) is 5.42. The molecule has 24 heavy (non-hydrogen) atoms. The van der Waals surface area contributed by atoms with Crippen LogP contribution in [-0.2, 0) is 9.59 Å². The van der Waals surface area contributed by atoms with E-state index in [1.807, 2.05) is 29.2 Å². The van der Waals surface area contributed by atoms with Crippen molar-refractivity contribution in [2.24, 2.45) is 0 Å². The molecule has 0 radical (unpaired) electrons. The van der Waals surface area contributed by atoms with Crippen LogP contribution in [0.3, 0.4) is 0 Å². The third kappa shape index (κ3) is 2.75. The van der Waals surface area contributed by atoms with Crippen LogP contribution in [0.1, 0.15) is 26.2 Å². The molecule has 3 heterocycles. The van der Waals surface area contributed by atoms with Crippen LogP contribution < -0.4 is 10.1 Å². The number of para-hydroxylation sites is 2. The summed E-state index contributed by atoms with van der Waals surface area (Å²) in [6, 6.07) is 7.82. The van der Waals surface area contributed by atoms with Gasteiger partial charge in [0, 0.05) is 39.0 Å². The van der Waals surface area contributed by atoms with Crippen molar-refractivity contribution in [2.45, 2.75) is 44.4 Å². The highest BCUT2D eigenvalue weighted by Gasteiger charge is 2.43. The van der Waals surface area contributed by atoms with Crippen molar-refractivity contribution in [3.8, 4) is 5.75 Å². The van der Waals surface area contributed by atoms with E-state index >= 15 is 0 Å². The molecular weight excluding hydrogens is 306 g/mol. The van der Waals surface area contributed by atoms with Crippen molar-refractivity contribution in [2.75, 3.05) is 25.0 Å². The molecular formula is C18H23N3O3. The van der Waals surface area contributed by atoms with Gasteiger partial charge < -0.3 is 15.0 Å². The number of fused-ring (bicyclic) bond motifs is 3. The van der Waals surface area contributed by atoms with E-state index in [1.54, 1.807) is 6.92 Å². The lowest BCUT2D eigenvalue weighted by Crippen LogP contribution is -2.50. The van der Waals surface area contributed by atoms with E-state index in [0.29, 0.717) is 6.04 Å². The number of anilines is 1. The molecule has 6 nitrogen and oxygen atoms in total. The van der Waals surface area contributed by atoms with Crippen LogP contribution in [0.25, 0.3) is 0 Å². The molecule has 0 spiro atoms. The lowest BCUT2D eigenvalue weighted by molar-refractivity contribution is -0.131. The summed E-state index contributed by atoms with van der Waals surface area (Å²) in [4.78, 5) is 28.4. The van der Waals surface area contributed by atoms with Gasteiger partial charge >= 0.3 is 0 Å². The van der Waals surface area contributed by atoms with E-state index in [9.17, 15) is 9.59 Å². The maximum atomic E-state index is 12.7. The first kappa shape index (κ1) is 15.4. The molecule has 1 aromatic rings. The number of carbonyl (C=O) groups excluding carboxylic acids is 2. The van der Waals surface area contributed by atoms with Crippen molar-refractivity contribution in [1.82, 2.24) is 9.80 Å². The average Bonchev–Trinajstić information content (AvgIpc) is 3.01.